The van der Waals surface area contributed by atoms with Gasteiger partial charge in [-0.05, 0) is 29.2 Å². The summed E-state index contributed by atoms with van der Waals surface area (Å²) in [7, 11) is 1.90. The molecule has 1 aromatic carbocycles. The zero-order chi connectivity index (χ0) is 16.4. The van der Waals surface area contributed by atoms with Gasteiger partial charge < -0.3 is 10.6 Å². The Morgan fingerprint density at radius 1 is 1.30 bits per heavy atom. The lowest BCUT2D eigenvalue weighted by atomic mass is 9.90. The Hall–Kier alpha value is -2.14. The number of aryl methyl sites for hydroxylation is 1. The van der Waals surface area contributed by atoms with Crippen molar-refractivity contribution in [2.45, 2.75) is 25.7 Å². The molecule has 0 saturated carbocycles. The molecule has 1 aromatic heterocycles. The molecule has 2 aromatic rings. The van der Waals surface area contributed by atoms with Crippen LogP contribution in [0.5, 0.6) is 0 Å². The van der Waals surface area contributed by atoms with E-state index in [0.717, 1.165) is 17.8 Å². The summed E-state index contributed by atoms with van der Waals surface area (Å²) in [5, 5.41) is 10.6. The first kappa shape index (κ1) is 15.7. The average molecular weight is 312 g/mol. The van der Waals surface area contributed by atoms with Crippen LogP contribution in [0.4, 0.5) is 5.69 Å². The molecule has 1 fully saturated rings. The van der Waals surface area contributed by atoms with E-state index in [4.69, 9.17) is 0 Å². The van der Waals surface area contributed by atoms with Gasteiger partial charge in [-0.3, -0.25) is 9.48 Å². The number of hydrogen-bond donors (Lipinski definition) is 2. The van der Waals surface area contributed by atoms with Gasteiger partial charge in [-0.2, -0.15) is 5.10 Å². The number of aromatic nitrogens is 2. The van der Waals surface area contributed by atoms with E-state index < -0.39 is 0 Å². The van der Waals surface area contributed by atoms with Crippen LogP contribution in [0.3, 0.4) is 0 Å². The standard InChI is InChI=1S/C18H24N4O/c1-12(2)13-4-6-15(7-5-13)21-18(23)17-10-19-9-16(17)14-8-20-22(3)11-14/h4-8,11-12,16-17,19H,9-10H2,1-3H3,(H,21,23)/t16-,17+/m1/s1. The Morgan fingerprint density at radius 2 is 2.04 bits per heavy atom. The minimum absolute atomic E-state index is 0.0658. The number of carbonyl (C=O) groups excluding carboxylic acids is 1. The van der Waals surface area contributed by atoms with E-state index in [2.05, 4.69) is 41.7 Å². The van der Waals surface area contributed by atoms with Crippen molar-refractivity contribution in [3.8, 4) is 0 Å². The lowest BCUT2D eigenvalue weighted by Gasteiger charge is -2.17. The SMILES string of the molecule is CC(C)c1ccc(NC(=O)[C@H]2CNC[C@@H]2c2cnn(C)c2)cc1. The molecule has 0 bridgehead atoms. The van der Waals surface area contributed by atoms with Crippen molar-refractivity contribution >= 4 is 11.6 Å². The summed E-state index contributed by atoms with van der Waals surface area (Å²) in [6, 6.07) is 8.11. The molecule has 2 atom stereocenters. The first-order valence-corrected chi connectivity index (χ1v) is 8.14. The van der Waals surface area contributed by atoms with Crippen molar-refractivity contribution in [1.29, 1.82) is 0 Å². The summed E-state index contributed by atoms with van der Waals surface area (Å²) < 4.78 is 1.78. The second kappa shape index (κ2) is 6.54. The molecule has 1 aliphatic heterocycles. The zero-order valence-corrected chi connectivity index (χ0v) is 13.9. The van der Waals surface area contributed by atoms with Crippen molar-refractivity contribution in [2.75, 3.05) is 18.4 Å². The van der Waals surface area contributed by atoms with Gasteiger partial charge in [0.2, 0.25) is 5.91 Å². The molecular weight excluding hydrogens is 288 g/mol. The Labute approximate surface area is 137 Å². The largest absolute Gasteiger partial charge is 0.326 e. The molecule has 0 radical (unpaired) electrons. The van der Waals surface area contributed by atoms with E-state index in [1.54, 1.807) is 4.68 Å². The van der Waals surface area contributed by atoms with Crippen LogP contribution in [0.1, 0.15) is 36.8 Å². The summed E-state index contributed by atoms with van der Waals surface area (Å²) in [5.41, 5.74) is 3.25. The predicted octanol–water partition coefficient (Wildman–Crippen LogP) is 2.49. The molecule has 5 nitrogen and oxygen atoms in total. The Morgan fingerprint density at radius 3 is 2.65 bits per heavy atom. The van der Waals surface area contributed by atoms with Crippen LogP contribution in [-0.4, -0.2) is 28.8 Å². The van der Waals surface area contributed by atoms with Crippen LogP contribution >= 0.6 is 0 Å². The van der Waals surface area contributed by atoms with Gasteiger partial charge in [-0.25, -0.2) is 0 Å². The van der Waals surface area contributed by atoms with Crippen LogP contribution in [-0.2, 0) is 11.8 Å². The van der Waals surface area contributed by atoms with Crippen molar-refractivity contribution in [3.63, 3.8) is 0 Å². The summed E-state index contributed by atoms with van der Waals surface area (Å²) in [6.07, 6.45) is 3.85. The molecule has 2 N–H and O–H groups in total. The number of amides is 1. The van der Waals surface area contributed by atoms with E-state index in [0.29, 0.717) is 12.5 Å². The number of anilines is 1. The molecule has 0 aliphatic carbocycles. The number of nitrogens with one attached hydrogen (secondary N) is 2. The molecular formula is C18H24N4O. The number of nitrogens with zero attached hydrogens (tertiary/aromatic N) is 2. The Balaban J connectivity index is 1.69. The minimum Gasteiger partial charge on any atom is -0.326 e. The molecule has 0 unspecified atom stereocenters. The fraction of sp³-hybridized carbons (Fsp3) is 0.444. The van der Waals surface area contributed by atoms with Gasteiger partial charge in [0.1, 0.15) is 0 Å². The van der Waals surface area contributed by atoms with E-state index in [-0.39, 0.29) is 17.7 Å². The van der Waals surface area contributed by atoms with Gasteiger partial charge in [-0.1, -0.05) is 26.0 Å². The topological polar surface area (TPSA) is 59.0 Å². The smallest absolute Gasteiger partial charge is 0.229 e. The molecule has 5 heteroatoms. The van der Waals surface area contributed by atoms with Crippen LogP contribution in [0.15, 0.2) is 36.7 Å². The maximum atomic E-state index is 12.6. The molecule has 1 amide bonds. The summed E-state index contributed by atoms with van der Waals surface area (Å²) in [4.78, 5) is 12.6. The molecule has 1 aliphatic rings. The van der Waals surface area contributed by atoms with E-state index >= 15 is 0 Å². The van der Waals surface area contributed by atoms with Crippen molar-refractivity contribution in [3.05, 3.63) is 47.8 Å². The second-order valence-corrected chi connectivity index (χ2v) is 6.58. The van der Waals surface area contributed by atoms with Crippen molar-refractivity contribution in [1.82, 2.24) is 15.1 Å². The lowest BCUT2D eigenvalue weighted by molar-refractivity contribution is -0.119. The quantitative estimate of drug-likeness (QED) is 0.912. The van der Waals surface area contributed by atoms with Crippen LogP contribution in [0.2, 0.25) is 0 Å². The van der Waals surface area contributed by atoms with E-state index in [9.17, 15) is 4.79 Å². The Kier molecular flexibility index (Phi) is 4.48. The second-order valence-electron chi connectivity index (χ2n) is 6.58. The first-order valence-electron chi connectivity index (χ1n) is 8.14. The molecule has 3 rings (SSSR count). The molecule has 122 valence electrons. The van der Waals surface area contributed by atoms with E-state index in [1.807, 2.05) is 31.6 Å². The molecule has 0 spiro atoms. The molecule has 23 heavy (non-hydrogen) atoms. The number of rotatable bonds is 4. The average Bonchev–Trinajstić information content (AvgIpc) is 3.16. The van der Waals surface area contributed by atoms with Gasteiger partial charge in [0.25, 0.3) is 0 Å². The lowest BCUT2D eigenvalue weighted by Crippen LogP contribution is -2.28. The van der Waals surface area contributed by atoms with Crippen LogP contribution in [0, 0.1) is 5.92 Å². The van der Waals surface area contributed by atoms with Gasteiger partial charge in [0, 0.05) is 37.9 Å². The van der Waals surface area contributed by atoms with Gasteiger partial charge in [0.05, 0.1) is 12.1 Å². The number of hydrogen-bond acceptors (Lipinski definition) is 3. The predicted molar refractivity (Wildman–Crippen MR) is 91.5 cm³/mol. The highest BCUT2D eigenvalue weighted by Gasteiger charge is 2.34. The highest BCUT2D eigenvalue weighted by Crippen LogP contribution is 2.29. The normalized spacial score (nSPS) is 20.9. The third-order valence-electron chi connectivity index (χ3n) is 4.55. The van der Waals surface area contributed by atoms with Gasteiger partial charge in [0.15, 0.2) is 0 Å². The fourth-order valence-electron chi connectivity index (χ4n) is 3.12. The summed E-state index contributed by atoms with van der Waals surface area (Å²) >= 11 is 0. The van der Waals surface area contributed by atoms with Crippen LogP contribution in [0.25, 0.3) is 0 Å². The maximum absolute atomic E-state index is 12.6. The summed E-state index contributed by atoms with van der Waals surface area (Å²) in [6.45, 7) is 5.85. The highest BCUT2D eigenvalue weighted by atomic mass is 16.1. The first-order chi connectivity index (χ1) is 11.0. The van der Waals surface area contributed by atoms with Crippen molar-refractivity contribution in [2.24, 2.45) is 13.0 Å². The summed E-state index contributed by atoms with van der Waals surface area (Å²) in [5.74, 6) is 0.678. The fourth-order valence-corrected chi connectivity index (χ4v) is 3.12. The highest BCUT2D eigenvalue weighted by molar-refractivity contribution is 5.93. The van der Waals surface area contributed by atoms with Crippen LogP contribution < -0.4 is 10.6 Å². The monoisotopic (exact) mass is 312 g/mol. The third-order valence-corrected chi connectivity index (χ3v) is 4.55. The molecule has 2 heterocycles. The molecule has 1 saturated heterocycles. The third kappa shape index (κ3) is 3.45. The minimum atomic E-state index is -0.0658. The van der Waals surface area contributed by atoms with Crippen molar-refractivity contribution < 1.29 is 4.79 Å². The Bertz CT molecular complexity index is 675. The van der Waals surface area contributed by atoms with E-state index in [1.165, 1.54) is 5.56 Å². The maximum Gasteiger partial charge on any atom is 0.229 e. The van der Waals surface area contributed by atoms with Gasteiger partial charge in [-0.15, -0.1) is 0 Å². The zero-order valence-electron chi connectivity index (χ0n) is 13.9. The number of carbonyl (C=O) groups is 1. The van der Waals surface area contributed by atoms with Gasteiger partial charge >= 0.3 is 0 Å². The number of benzene rings is 1.